The van der Waals surface area contributed by atoms with Gasteiger partial charge in [0, 0.05) is 49.8 Å². The van der Waals surface area contributed by atoms with Gasteiger partial charge in [0.25, 0.3) is 0 Å². The molecule has 0 atom stereocenters. The number of hydrogen-bond acceptors (Lipinski definition) is 4. The van der Waals surface area contributed by atoms with Crippen molar-refractivity contribution < 1.29 is 4.79 Å². The van der Waals surface area contributed by atoms with E-state index in [9.17, 15) is 4.79 Å². The van der Waals surface area contributed by atoms with Gasteiger partial charge in [-0.3, -0.25) is 19.1 Å². The van der Waals surface area contributed by atoms with Crippen molar-refractivity contribution >= 4 is 29.4 Å². The van der Waals surface area contributed by atoms with E-state index in [2.05, 4.69) is 20.5 Å². The number of halogens is 1. The van der Waals surface area contributed by atoms with Crippen LogP contribution in [0.1, 0.15) is 11.3 Å². The van der Waals surface area contributed by atoms with Gasteiger partial charge >= 0.3 is 0 Å². The first-order chi connectivity index (χ1) is 12.0. The fourth-order valence-electron chi connectivity index (χ4n) is 2.41. The minimum atomic E-state index is -0.274. The van der Waals surface area contributed by atoms with Crippen LogP contribution in [-0.4, -0.2) is 30.5 Å². The standard InChI is InChI=1S/C17H17ClN6O/c1-11-13(17(18)24(3)21-11)4-5-16(25)20-15-10-14(22-23(15)2)12-6-8-19-9-7-12/h4-10H,1-3H3,(H,20,25)/b5-4+. The van der Waals surface area contributed by atoms with Crippen molar-refractivity contribution in [3.8, 4) is 11.3 Å². The molecule has 1 N–H and O–H groups in total. The topological polar surface area (TPSA) is 77.6 Å². The summed E-state index contributed by atoms with van der Waals surface area (Å²) in [6.07, 6.45) is 6.48. The van der Waals surface area contributed by atoms with E-state index in [1.807, 2.05) is 25.1 Å². The molecule has 0 radical (unpaired) electrons. The Morgan fingerprint density at radius 1 is 1.20 bits per heavy atom. The van der Waals surface area contributed by atoms with E-state index < -0.39 is 0 Å². The van der Waals surface area contributed by atoms with Crippen LogP contribution >= 0.6 is 11.6 Å². The summed E-state index contributed by atoms with van der Waals surface area (Å²) in [6, 6.07) is 5.53. The van der Waals surface area contributed by atoms with Crippen molar-refractivity contribution in [1.29, 1.82) is 0 Å². The summed E-state index contributed by atoms with van der Waals surface area (Å²) >= 11 is 6.15. The summed E-state index contributed by atoms with van der Waals surface area (Å²) in [7, 11) is 3.52. The highest BCUT2D eigenvalue weighted by Crippen LogP contribution is 2.22. The van der Waals surface area contributed by atoms with Crippen molar-refractivity contribution in [2.45, 2.75) is 6.92 Å². The highest BCUT2D eigenvalue weighted by atomic mass is 35.5. The lowest BCUT2D eigenvalue weighted by molar-refractivity contribution is -0.111. The molecule has 0 saturated carbocycles. The van der Waals surface area contributed by atoms with Gasteiger partial charge in [0.1, 0.15) is 11.0 Å². The summed E-state index contributed by atoms with van der Waals surface area (Å²) in [5.41, 5.74) is 3.17. The summed E-state index contributed by atoms with van der Waals surface area (Å²) < 4.78 is 3.18. The summed E-state index contributed by atoms with van der Waals surface area (Å²) in [5, 5.41) is 11.9. The third kappa shape index (κ3) is 3.61. The average Bonchev–Trinajstić information content (AvgIpc) is 3.07. The maximum Gasteiger partial charge on any atom is 0.249 e. The molecule has 0 aliphatic rings. The van der Waals surface area contributed by atoms with Crippen LogP contribution < -0.4 is 5.32 Å². The van der Waals surface area contributed by atoms with Crippen LogP contribution in [0.5, 0.6) is 0 Å². The summed E-state index contributed by atoms with van der Waals surface area (Å²) in [5.74, 6) is 0.319. The molecule has 0 aromatic carbocycles. The number of rotatable bonds is 4. The van der Waals surface area contributed by atoms with E-state index in [1.165, 1.54) is 6.08 Å². The quantitative estimate of drug-likeness (QED) is 0.729. The molecule has 0 saturated heterocycles. The summed E-state index contributed by atoms with van der Waals surface area (Å²) in [6.45, 7) is 1.84. The van der Waals surface area contributed by atoms with E-state index in [-0.39, 0.29) is 5.91 Å². The zero-order chi connectivity index (χ0) is 18.0. The predicted octanol–water partition coefficient (Wildman–Crippen LogP) is 2.83. The zero-order valence-corrected chi connectivity index (χ0v) is 14.8. The fourth-order valence-corrected chi connectivity index (χ4v) is 2.65. The minimum Gasteiger partial charge on any atom is -0.307 e. The molecule has 128 valence electrons. The Bertz CT molecular complexity index is 942. The Labute approximate surface area is 149 Å². The van der Waals surface area contributed by atoms with Gasteiger partial charge in [0.15, 0.2) is 0 Å². The van der Waals surface area contributed by atoms with Gasteiger partial charge in [-0.1, -0.05) is 11.6 Å². The van der Waals surface area contributed by atoms with Crippen molar-refractivity contribution in [2.75, 3.05) is 5.32 Å². The van der Waals surface area contributed by atoms with Crippen LogP contribution in [0.4, 0.5) is 5.82 Å². The zero-order valence-electron chi connectivity index (χ0n) is 14.1. The Kier molecular flexibility index (Phi) is 4.67. The Morgan fingerprint density at radius 3 is 2.56 bits per heavy atom. The van der Waals surface area contributed by atoms with Gasteiger partial charge in [-0.15, -0.1) is 0 Å². The van der Waals surface area contributed by atoms with Gasteiger partial charge in [0.05, 0.1) is 11.4 Å². The SMILES string of the molecule is Cc1nn(C)c(Cl)c1/C=C/C(=O)Nc1cc(-c2ccncc2)nn1C. The van der Waals surface area contributed by atoms with Crippen LogP contribution in [0.25, 0.3) is 17.3 Å². The van der Waals surface area contributed by atoms with Crippen LogP contribution in [0, 0.1) is 6.92 Å². The van der Waals surface area contributed by atoms with Gasteiger partial charge in [-0.05, 0) is 25.1 Å². The number of nitrogens with one attached hydrogen (secondary N) is 1. The molecule has 0 spiro atoms. The second kappa shape index (κ2) is 6.90. The fraction of sp³-hybridized carbons (Fsp3) is 0.176. The smallest absolute Gasteiger partial charge is 0.249 e. The molecule has 0 fully saturated rings. The van der Waals surface area contributed by atoms with E-state index in [4.69, 9.17) is 11.6 Å². The number of aryl methyl sites for hydroxylation is 3. The predicted molar refractivity (Wildman–Crippen MR) is 97.1 cm³/mol. The first kappa shape index (κ1) is 16.9. The van der Waals surface area contributed by atoms with E-state index in [0.717, 1.165) is 22.5 Å². The molecule has 7 nitrogen and oxygen atoms in total. The first-order valence-electron chi connectivity index (χ1n) is 7.58. The number of hydrogen-bond donors (Lipinski definition) is 1. The van der Waals surface area contributed by atoms with E-state index in [1.54, 1.807) is 41.9 Å². The first-order valence-corrected chi connectivity index (χ1v) is 7.96. The van der Waals surface area contributed by atoms with Crippen LogP contribution in [0.15, 0.2) is 36.7 Å². The maximum absolute atomic E-state index is 12.2. The number of amides is 1. The third-order valence-corrected chi connectivity index (χ3v) is 4.15. The van der Waals surface area contributed by atoms with E-state index >= 15 is 0 Å². The van der Waals surface area contributed by atoms with Crippen molar-refractivity contribution in [3.63, 3.8) is 0 Å². The Balaban J connectivity index is 1.75. The van der Waals surface area contributed by atoms with Crippen molar-refractivity contribution in [1.82, 2.24) is 24.5 Å². The normalized spacial score (nSPS) is 11.2. The van der Waals surface area contributed by atoms with Crippen molar-refractivity contribution in [3.05, 3.63) is 53.1 Å². The molecule has 3 aromatic rings. The Morgan fingerprint density at radius 2 is 1.92 bits per heavy atom. The minimum absolute atomic E-state index is 0.274. The molecule has 25 heavy (non-hydrogen) atoms. The Hall–Kier alpha value is -2.93. The molecule has 0 aliphatic heterocycles. The lowest BCUT2D eigenvalue weighted by atomic mass is 10.2. The average molecular weight is 357 g/mol. The molecule has 1 amide bonds. The second-order valence-corrected chi connectivity index (χ2v) is 5.87. The van der Waals surface area contributed by atoms with E-state index in [0.29, 0.717) is 11.0 Å². The number of aromatic nitrogens is 5. The lowest BCUT2D eigenvalue weighted by Crippen LogP contribution is -2.11. The van der Waals surface area contributed by atoms with Crippen LogP contribution in [0.2, 0.25) is 5.15 Å². The number of nitrogens with zero attached hydrogens (tertiary/aromatic N) is 5. The summed E-state index contributed by atoms with van der Waals surface area (Å²) in [4.78, 5) is 16.2. The molecule has 0 aliphatic carbocycles. The van der Waals surface area contributed by atoms with Gasteiger partial charge in [-0.2, -0.15) is 10.2 Å². The molecular formula is C17H17ClN6O. The largest absolute Gasteiger partial charge is 0.307 e. The molecule has 0 unspecified atom stereocenters. The number of anilines is 1. The maximum atomic E-state index is 12.2. The molecule has 3 heterocycles. The van der Waals surface area contributed by atoms with Crippen LogP contribution in [0.3, 0.4) is 0 Å². The number of carbonyl (C=O) groups is 1. The van der Waals surface area contributed by atoms with Gasteiger partial charge in [0.2, 0.25) is 5.91 Å². The monoisotopic (exact) mass is 356 g/mol. The van der Waals surface area contributed by atoms with Gasteiger partial charge in [-0.25, -0.2) is 0 Å². The number of pyridine rings is 1. The highest BCUT2D eigenvalue weighted by molar-refractivity contribution is 6.31. The van der Waals surface area contributed by atoms with Gasteiger partial charge < -0.3 is 5.32 Å². The molecule has 3 aromatic heterocycles. The molecule has 3 rings (SSSR count). The lowest BCUT2D eigenvalue weighted by Gasteiger charge is -2.01. The second-order valence-electron chi connectivity index (χ2n) is 5.51. The van der Waals surface area contributed by atoms with Crippen molar-refractivity contribution in [2.24, 2.45) is 14.1 Å². The molecule has 8 heteroatoms. The molecular weight excluding hydrogens is 340 g/mol. The highest BCUT2D eigenvalue weighted by Gasteiger charge is 2.11. The molecule has 0 bridgehead atoms. The third-order valence-electron chi connectivity index (χ3n) is 3.70. The number of carbonyl (C=O) groups excluding carboxylic acids is 1. The van der Waals surface area contributed by atoms with Crippen LogP contribution in [-0.2, 0) is 18.9 Å².